The first kappa shape index (κ1) is 21.4. The summed E-state index contributed by atoms with van der Waals surface area (Å²) in [6.07, 6.45) is 8.08. The molecule has 146 valence electrons. The van der Waals surface area contributed by atoms with Crippen molar-refractivity contribution >= 4 is 35.1 Å². The number of nitrogens with zero attached hydrogens (tertiary/aromatic N) is 4. The summed E-state index contributed by atoms with van der Waals surface area (Å²) in [5.41, 5.74) is 0.191. The number of halogens is 2. The van der Waals surface area contributed by atoms with Crippen LogP contribution in [0.15, 0.2) is 12.4 Å². The second kappa shape index (κ2) is 9.83. The van der Waals surface area contributed by atoms with E-state index in [1.54, 1.807) is 6.20 Å². The van der Waals surface area contributed by atoms with Crippen molar-refractivity contribution in [3.05, 3.63) is 18.1 Å². The van der Waals surface area contributed by atoms with E-state index in [9.17, 15) is 4.79 Å². The lowest BCUT2D eigenvalue weighted by Gasteiger charge is -2.38. The van der Waals surface area contributed by atoms with Crippen LogP contribution in [0.5, 0.6) is 0 Å². The van der Waals surface area contributed by atoms with Crippen LogP contribution in [0, 0.1) is 0 Å². The monoisotopic (exact) mass is 402 g/mol. The highest BCUT2D eigenvalue weighted by molar-refractivity contribution is 6.67. The zero-order chi connectivity index (χ0) is 17.8. The number of aromatic nitrogens is 2. The normalized spacial score (nSPS) is 20.2. The molecule has 3 rings (SSSR count). The standard InChI is InChI=1S/C18H27ClN4O2.ClH/c1-13(2)22-7-3-14(4-8-22)25-15-5-9-23(10-6-15)17-12-20-16(11-21-17)18(19)24;/h11-15H,3-10H2,1-2H3;1H. The highest BCUT2D eigenvalue weighted by Gasteiger charge is 2.27. The van der Waals surface area contributed by atoms with E-state index >= 15 is 0 Å². The fourth-order valence-electron chi connectivity index (χ4n) is 3.61. The Bertz CT molecular complexity index is 569. The molecule has 1 aromatic rings. The Morgan fingerprint density at radius 1 is 1.08 bits per heavy atom. The molecule has 0 N–H and O–H groups in total. The Labute approximate surface area is 166 Å². The molecule has 0 saturated carbocycles. The molecule has 0 aromatic carbocycles. The van der Waals surface area contributed by atoms with Gasteiger partial charge in [0.15, 0.2) is 0 Å². The Balaban J connectivity index is 0.00000243. The molecule has 2 aliphatic rings. The maximum Gasteiger partial charge on any atom is 0.272 e. The number of ether oxygens (including phenoxy) is 1. The fourth-order valence-corrected chi connectivity index (χ4v) is 3.71. The summed E-state index contributed by atoms with van der Waals surface area (Å²) >= 11 is 5.40. The molecular weight excluding hydrogens is 375 g/mol. The molecule has 0 spiro atoms. The average molecular weight is 403 g/mol. The van der Waals surface area contributed by atoms with Gasteiger partial charge in [0.2, 0.25) is 0 Å². The molecule has 0 atom stereocenters. The van der Waals surface area contributed by atoms with E-state index < -0.39 is 5.24 Å². The maximum absolute atomic E-state index is 11.1. The third-order valence-electron chi connectivity index (χ3n) is 5.20. The van der Waals surface area contributed by atoms with Gasteiger partial charge in [-0.1, -0.05) is 0 Å². The number of carbonyl (C=O) groups is 1. The first-order valence-corrected chi connectivity index (χ1v) is 9.57. The van der Waals surface area contributed by atoms with E-state index in [-0.39, 0.29) is 18.1 Å². The lowest BCUT2D eigenvalue weighted by atomic mass is 10.0. The first-order chi connectivity index (χ1) is 12.0. The molecule has 1 aromatic heterocycles. The van der Waals surface area contributed by atoms with Gasteiger partial charge >= 0.3 is 0 Å². The molecule has 0 unspecified atom stereocenters. The average Bonchev–Trinajstić information content (AvgIpc) is 2.63. The Morgan fingerprint density at radius 2 is 1.65 bits per heavy atom. The van der Waals surface area contributed by atoms with Crippen LogP contribution in [0.2, 0.25) is 0 Å². The zero-order valence-corrected chi connectivity index (χ0v) is 17.0. The molecule has 0 amide bonds. The molecule has 26 heavy (non-hydrogen) atoms. The molecular formula is C18H28Cl2N4O2. The predicted molar refractivity (Wildman–Crippen MR) is 106 cm³/mol. The van der Waals surface area contributed by atoms with Crippen LogP contribution < -0.4 is 4.90 Å². The van der Waals surface area contributed by atoms with Crippen LogP contribution in [-0.2, 0) is 4.74 Å². The molecule has 6 nitrogen and oxygen atoms in total. The Kier molecular flexibility index (Phi) is 8.07. The molecule has 3 heterocycles. The highest BCUT2D eigenvalue weighted by atomic mass is 35.5. The van der Waals surface area contributed by atoms with Gasteiger partial charge in [0.25, 0.3) is 5.24 Å². The van der Waals surface area contributed by atoms with E-state index in [4.69, 9.17) is 16.3 Å². The first-order valence-electron chi connectivity index (χ1n) is 9.19. The largest absolute Gasteiger partial charge is 0.375 e. The van der Waals surface area contributed by atoms with Crippen LogP contribution in [0.3, 0.4) is 0 Å². The summed E-state index contributed by atoms with van der Waals surface area (Å²) in [5.74, 6) is 0.797. The minimum atomic E-state index is -0.574. The van der Waals surface area contributed by atoms with E-state index in [0.717, 1.165) is 57.7 Å². The Morgan fingerprint density at radius 3 is 2.12 bits per heavy atom. The van der Waals surface area contributed by atoms with Gasteiger partial charge in [0.1, 0.15) is 11.5 Å². The summed E-state index contributed by atoms with van der Waals surface area (Å²) in [6.45, 7) is 8.60. The number of anilines is 1. The molecule has 0 radical (unpaired) electrons. The minimum absolute atomic E-state index is 0. The van der Waals surface area contributed by atoms with Crippen molar-refractivity contribution in [2.45, 2.75) is 57.8 Å². The van der Waals surface area contributed by atoms with Gasteiger partial charge in [-0.25, -0.2) is 9.97 Å². The lowest BCUT2D eigenvalue weighted by molar-refractivity contribution is -0.0540. The van der Waals surface area contributed by atoms with Crippen LogP contribution in [0.1, 0.15) is 50.0 Å². The van der Waals surface area contributed by atoms with Crippen LogP contribution >= 0.6 is 24.0 Å². The highest BCUT2D eigenvalue weighted by Crippen LogP contribution is 2.23. The summed E-state index contributed by atoms with van der Waals surface area (Å²) in [5, 5.41) is -0.574. The molecule has 0 bridgehead atoms. The van der Waals surface area contributed by atoms with Gasteiger partial charge in [-0.3, -0.25) is 4.79 Å². The third-order valence-corrected chi connectivity index (χ3v) is 5.39. The van der Waals surface area contributed by atoms with Crippen LogP contribution in [0.4, 0.5) is 5.82 Å². The smallest absolute Gasteiger partial charge is 0.272 e. The van der Waals surface area contributed by atoms with Crippen LogP contribution in [0.25, 0.3) is 0 Å². The number of hydrogen-bond acceptors (Lipinski definition) is 6. The number of piperidine rings is 2. The summed E-state index contributed by atoms with van der Waals surface area (Å²) in [6, 6.07) is 0.630. The minimum Gasteiger partial charge on any atom is -0.375 e. The van der Waals surface area contributed by atoms with E-state index in [0.29, 0.717) is 18.2 Å². The van der Waals surface area contributed by atoms with Gasteiger partial charge < -0.3 is 14.5 Å². The second-order valence-corrected chi connectivity index (χ2v) is 7.53. The van der Waals surface area contributed by atoms with Gasteiger partial charge in [-0.05, 0) is 51.1 Å². The van der Waals surface area contributed by atoms with Crippen molar-refractivity contribution in [1.82, 2.24) is 14.9 Å². The van der Waals surface area contributed by atoms with Crippen molar-refractivity contribution in [2.24, 2.45) is 0 Å². The number of rotatable bonds is 5. The number of likely N-dealkylation sites (tertiary alicyclic amines) is 1. The number of carbonyl (C=O) groups excluding carboxylic acids is 1. The van der Waals surface area contributed by atoms with E-state index in [1.807, 2.05) is 0 Å². The van der Waals surface area contributed by atoms with Gasteiger partial charge in [-0.15, -0.1) is 12.4 Å². The predicted octanol–water partition coefficient (Wildman–Crippen LogP) is 3.14. The van der Waals surface area contributed by atoms with Crippen LogP contribution in [-0.4, -0.2) is 64.5 Å². The third kappa shape index (κ3) is 5.52. The molecule has 2 aliphatic heterocycles. The topological polar surface area (TPSA) is 58.6 Å². The quantitative estimate of drug-likeness (QED) is 0.705. The summed E-state index contributed by atoms with van der Waals surface area (Å²) < 4.78 is 6.34. The van der Waals surface area contributed by atoms with Crippen molar-refractivity contribution in [1.29, 1.82) is 0 Å². The SMILES string of the molecule is CC(C)N1CCC(OC2CCN(c3cnc(C(=O)Cl)cn3)CC2)CC1.Cl. The lowest BCUT2D eigenvalue weighted by Crippen LogP contribution is -2.44. The summed E-state index contributed by atoms with van der Waals surface area (Å²) in [7, 11) is 0. The fraction of sp³-hybridized carbons (Fsp3) is 0.722. The van der Waals surface area contributed by atoms with Crippen molar-refractivity contribution in [2.75, 3.05) is 31.1 Å². The molecule has 2 fully saturated rings. The molecule has 0 aliphatic carbocycles. The zero-order valence-electron chi connectivity index (χ0n) is 15.4. The van der Waals surface area contributed by atoms with Crippen molar-refractivity contribution in [3.8, 4) is 0 Å². The second-order valence-electron chi connectivity index (χ2n) is 7.19. The summed E-state index contributed by atoms with van der Waals surface area (Å²) in [4.78, 5) is 24.1. The van der Waals surface area contributed by atoms with Crippen molar-refractivity contribution < 1.29 is 9.53 Å². The van der Waals surface area contributed by atoms with Gasteiger partial charge in [0, 0.05) is 32.2 Å². The Hall–Kier alpha value is -0.950. The maximum atomic E-state index is 11.1. The van der Waals surface area contributed by atoms with Crippen molar-refractivity contribution in [3.63, 3.8) is 0 Å². The number of hydrogen-bond donors (Lipinski definition) is 0. The molecule has 8 heteroatoms. The van der Waals surface area contributed by atoms with E-state index in [2.05, 4.69) is 33.6 Å². The van der Waals surface area contributed by atoms with Gasteiger partial charge in [-0.2, -0.15) is 0 Å². The molecule has 2 saturated heterocycles. The van der Waals surface area contributed by atoms with E-state index in [1.165, 1.54) is 6.20 Å². The van der Waals surface area contributed by atoms with Gasteiger partial charge in [0.05, 0.1) is 24.6 Å².